The van der Waals surface area contributed by atoms with Crippen molar-refractivity contribution >= 4 is 38.9 Å². The van der Waals surface area contributed by atoms with Gasteiger partial charge in [-0.3, -0.25) is 0 Å². The molecule has 0 aliphatic carbocycles. The highest BCUT2D eigenvalue weighted by molar-refractivity contribution is 9.10. The fourth-order valence-electron chi connectivity index (χ4n) is 1.69. The maximum atomic E-state index is 12.7. The third-order valence-electron chi connectivity index (χ3n) is 2.70. The number of thiophene rings is 1. The van der Waals surface area contributed by atoms with Crippen LogP contribution >= 0.6 is 27.3 Å². The first-order valence-corrected chi connectivity index (χ1v) is 7.36. The van der Waals surface area contributed by atoms with E-state index in [1.807, 2.05) is 0 Å². The molecule has 21 heavy (non-hydrogen) atoms. The second kappa shape index (κ2) is 6.07. The molecule has 2 rings (SSSR count). The molecule has 2 aromatic rings. The summed E-state index contributed by atoms with van der Waals surface area (Å²) in [5.41, 5.74) is 0.0150. The number of carboxylic acids is 1. The summed E-state index contributed by atoms with van der Waals surface area (Å²) in [6, 6.07) is 4.89. The zero-order valence-electron chi connectivity index (χ0n) is 10.4. The molecule has 0 atom stereocenters. The van der Waals surface area contributed by atoms with Gasteiger partial charge in [-0.1, -0.05) is 0 Å². The number of halogens is 4. The largest absolute Gasteiger partial charge is 0.477 e. The Bertz CT molecular complexity index is 670. The molecule has 0 spiro atoms. The fraction of sp³-hybridized carbons (Fsp3) is 0.154. The van der Waals surface area contributed by atoms with Crippen LogP contribution in [0.2, 0.25) is 0 Å². The fourth-order valence-corrected chi connectivity index (χ4v) is 2.84. The number of hydrogen-bond donors (Lipinski definition) is 2. The molecule has 0 aliphatic rings. The van der Waals surface area contributed by atoms with Gasteiger partial charge in [-0.2, -0.15) is 13.2 Å². The van der Waals surface area contributed by atoms with Crippen molar-refractivity contribution < 1.29 is 23.1 Å². The minimum atomic E-state index is -4.42. The molecule has 0 saturated heterocycles. The number of anilines is 1. The van der Waals surface area contributed by atoms with Gasteiger partial charge in [0, 0.05) is 16.7 Å². The van der Waals surface area contributed by atoms with Crippen molar-refractivity contribution in [2.24, 2.45) is 0 Å². The topological polar surface area (TPSA) is 49.3 Å². The van der Waals surface area contributed by atoms with Gasteiger partial charge in [0.05, 0.1) is 5.56 Å². The number of alkyl halides is 3. The number of rotatable bonds is 4. The first-order valence-electron chi connectivity index (χ1n) is 5.69. The summed E-state index contributed by atoms with van der Waals surface area (Å²) < 4.78 is 38.5. The molecular formula is C13H9BrF3NO2S. The standard InChI is InChI=1S/C13H9BrF3NO2S/c14-9-2-1-8(13(15,16)17)5-10(9)18-6-7-3-4-21-11(7)12(19)20/h1-5,18H,6H2,(H,19,20). The molecular weight excluding hydrogens is 371 g/mol. The third kappa shape index (κ3) is 3.76. The third-order valence-corrected chi connectivity index (χ3v) is 4.34. The summed E-state index contributed by atoms with van der Waals surface area (Å²) in [5, 5.41) is 13.4. The average molecular weight is 380 g/mol. The number of aromatic carboxylic acids is 1. The summed E-state index contributed by atoms with van der Waals surface area (Å²) >= 11 is 4.24. The van der Waals surface area contributed by atoms with Gasteiger partial charge < -0.3 is 10.4 Å². The van der Waals surface area contributed by atoms with Crippen LogP contribution in [0.3, 0.4) is 0 Å². The van der Waals surface area contributed by atoms with E-state index in [-0.39, 0.29) is 17.1 Å². The smallest absolute Gasteiger partial charge is 0.416 e. The maximum Gasteiger partial charge on any atom is 0.416 e. The quantitative estimate of drug-likeness (QED) is 0.798. The minimum absolute atomic E-state index is 0.130. The molecule has 0 unspecified atom stereocenters. The summed E-state index contributed by atoms with van der Waals surface area (Å²) in [6.07, 6.45) is -4.42. The molecule has 8 heteroatoms. The zero-order valence-corrected chi connectivity index (χ0v) is 12.8. The molecule has 1 heterocycles. The number of hydrogen-bond acceptors (Lipinski definition) is 3. The van der Waals surface area contributed by atoms with E-state index in [9.17, 15) is 18.0 Å². The Morgan fingerprint density at radius 1 is 1.33 bits per heavy atom. The van der Waals surface area contributed by atoms with Crippen LogP contribution < -0.4 is 5.32 Å². The van der Waals surface area contributed by atoms with Crippen molar-refractivity contribution in [3.8, 4) is 0 Å². The Morgan fingerprint density at radius 3 is 2.67 bits per heavy atom. The van der Waals surface area contributed by atoms with Crippen LogP contribution in [0, 0.1) is 0 Å². The number of carbonyl (C=O) groups is 1. The molecule has 0 radical (unpaired) electrons. The molecule has 0 fully saturated rings. The summed E-state index contributed by atoms with van der Waals surface area (Å²) in [5.74, 6) is -1.05. The Kier molecular flexibility index (Phi) is 4.58. The predicted octanol–water partition coefficient (Wildman–Crippen LogP) is 4.84. The second-order valence-corrected chi connectivity index (χ2v) is 5.90. The Morgan fingerprint density at radius 2 is 2.05 bits per heavy atom. The van der Waals surface area contributed by atoms with Crippen LogP contribution in [-0.2, 0) is 12.7 Å². The van der Waals surface area contributed by atoms with E-state index >= 15 is 0 Å². The van der Waals surface area contributed by atoms with E-state index in [1.165, 1.54) is 6.07 Å². The molecule has 0 amide bonds. The van der Waals surface area contributed by atoms with E-state index in [0.29, 0.717) is 10.0 Å². The molecule has 3 nitrogen and oxygen atoms in total. The van der Waals surface area contributed by atoms with Crippen LogP contribution in [0.1, 0.15) is 20.8 Å². The lowest BCUT2D eigenvalue weighted by Crippen LogP contribution is -2.08. The van der Waals surface area contributed by atoms with Crippen molar-refractivity contribution in [2.75, 3.05) is 5.32 Å². The van der Waals surface area contributed by atoms with Gasteiger partial charge in [0.15, 0.2) is 0 Å². The van der Waals surface area contributed by atoms with Crippen LogP contribution in [0.25, 0.3) is 0 Å². The zero-order chi connectivity index (χ0) is 15.6. The molecule has 0 aliphatic heterocycles. The highest BCUT2D eigenvalue weighted by atomic mass is 79.9. The van der Waals surface area contributed by atoms with E-state index in [2.05, 4.69) is 21.2 Å². The predicted molar refractivity (Wildman–Crippen MR) is 77.7 cm³/mol. The highest BCUT2D eigenvalue weighted by Gasteiger charge is 2.30. The molecule has 1 aromatic carbocycles. The second-order valence-electron chi connectivity index (χ2n) is 4.13. The van der Waals surface area contributed by atoms with Gasteiger partial charge >= 0.3 is 12.1 Å². The lowest BCUT2D eigenvalue weighted by atomic mass is 10.2. The van der Waals surface area contributed by atoms with Crippen molar-refractivity contribution in [2.45, 2.75) is 12.7 Å². The Balaban J connectivity index is 2.20. The van der Waals surface area contributed by atoms with Gasteiger partial charge in [-0.15, -0.1) is 11.3 Å². The maximum absolute atomic E-state index is 12.7. The summed E-state index contributed by atoms with van der Waals surface area (Å²) in [7, 11) is 0. The van der Waals surface area contributed by atoms with Gasteiger partial charge in [-0.25, -0.2) is 4.79 Å². The van der Waals surface area contributed by atoms with E-state index in [4.69, 9.17) is 5.11 Å². The molecule has 2 N–H and O–H groups in total. The first-order chi connectivity index (χ1) is 9.79. The van der Waals surface area contributed by atoms with E-state index < -0.39 is 17.7 Å². The van der Waals surface area contributed by atoms with Crippen molar-refractivity contribution in [3.63, 3.8) is 0 Å². The molecule has 0 saturated carbocycles. The van der Waals surface area contributed by atoms with Gasteiger partial charge in [-0.05, 0) is 51.1 Å². The van der Waals surface area contributed by atoms with Crippen LogP contribution in [-0.4, -0.2) is 11.1 Å². The summed E-state index contributed by atoms with van der Waals surface area (Å²) in [4.78, 5) is 11.1. The number of nitrogens with one attached hydrogen (secondary N) is 1. The van der Waals surface area contributed by atoms with E-state index in [0.717, 1.165) is 23.5 Å². The van der Waals surface area contributed by atoms with Crippen molar-refractivity contribution in [1.29, 1.82) is 0 Å². The Labute approximate surface area is 130 Å². The Hall–Kier alpha value is -1.54. The van der Waals surface area contributed by atoms with Gasteiger partial charge in [0.1, 0.15) is 4.88 Å². The van der Waals surface area contributed by atoms with Crippen LogP contribution in [0.5, 0.6) is 0 Å². The molecule has 0 bridgehead atoms. The monoisotopic (exact) mass is 379 g/mol. The average Bonchev–Trinajstić information content (AvgIpc) is 2.85. The number of carboxylic acid groups (broad SMARTS) is 1. The molecule has 112 valence electrons. The molecule has 1 aromatic heterocycles. The summed E-state index contributed by atoms with van der Waals surface area (Å²) in [6.45, 7) is 0.130. The van der Waals surface area contributed by atoms with Gasteiger partial charge in [0.2, 0.25) is 0 Å². The normalized spacial score (nSPS) is 11.4. The minimum Gasteiger partial charge on any atom is -0.477 e. The number of benzene rings is 1. The van der Waals surface area contributed by atoms with E-state index in [1.54, 1.807) is 11.4 Å². The van der Waals surface area contributed by atoms with Crippen molar-refractivity contribution in [3.05, 3.63) is 50.1 Å². The van der Waals surface area contributed by atoms with Crippen molar-refractivity contribution in [1.82, 2.24) is 0 Å². The SMILES string of the molecule is O=C(O)c1sccc1CNc1cc(C(F)(F)F)ccc1Br. The lowest BCUT2D eigenvalue weighted by molar-refractivity contribution is -0.137. The van der Waals surface area contributed by atoms with Crippen LogP contribution in [0.15, 0.2) is 34.1 Å². The highest BCUT2D eigenvalue weighted by Crippen LogP contribution is 2.34. The first kappa shape index (κ1) is 15.8. The van der Waals surface area contributed by atoms with Gasteiger partial charge in [0.25, 0.3) is 0 Å². The lowest BCUT2D eigenvalue weighted by Gasteiger charge is -2.12. The van der Waals surface area contributed by atoms with Crippen LogP contribution in [0.4, 0.5) is 18.9 Å².